The van der Waals surface area contributed by atoms with Crippen LogP contribution in [0.25, 0.3) is 162 Å². The highest BCUT2D eigenvalue weighted by atomic mass is 32.1. The van der Waals surface area contributed by atoms with Gasteiger partial charge in [0.2, 0.25) is 0 Å². The highest BCUT2D eigenvalue weighted by Crippen LogP contribution is 2.53. The molecule has 0 saturated carbocycles. The van der Waals surface area contributed by atoms with E-state index in [1.165, 1.54) is 37.1 Å². The first-order valence-electron chi connectivity index (χ1n) is 42.9. The maximum atomic E-state index is 9.71. The Morgan fingerprint density at radius 3 is 1.45 bits per heavy atom. The molecule has 6 heterocycles. The van der Waals surface area contributed by atoms with Crippen LogP contribution in [0.4, 0.5) is 34.1 Å². The van der Waals surface area contributed by atoms with Crippen LogP contribution < -0.4 is 26.2 Å². The number of para-hydroxylation sites is 4. The third-order valence-corrected chi connectivity index (χ3v) is 25.7. The van der Waals surface area contributed by atoms with Crippen molar-refractivity contribution in [1.29, 1.82) is 0 Å². The zero-order valence-corrected chi connectivity index (χ0v) is 63.4. The van der Waals surface area contributed by atoms with Crippen LogP contribution in [0.1, 0.15) is 38.7 Å². The van der Waals surface area contributed by atoms with Gasteiger partial charge in [-0.2, -0.15) is 0 Å². The molecule has 23 rings (SSSR count). The van der Waals surface area contributed by atoms with Gasteiger partial charge in [0.15, 0.2) is 0 Å². The Morgan fingerprint density at radius 2 is 0.788 bits per heavy atom. The quantitative estimate of drug-likeness (QED) is 0.127. The fourth-order valence-electron chi connectivity index (χ4n) is 18.5. The lowest BCUT2D eigenvalue weighted by Crippen LogP contribution is -2.61. The zero-order valence-electron chi connectivity index (χ0n) is 70.8. The minimum absolute atomic E-state index is 0.0643. The summed E-state index contributed by atoms with van der Waals surface area (Å²) in [5, 5.41) is 8.11. The lowest BCUT2D eigenvalue weighted by atomic mass is 9.33. The van der Waals surface area contributed by atoms with Gasteiger partial charge >= 0.3 is 0 Å². The fraction of sp³-hybridized carbons (Fsp3) is 0.0377. The number of benzene rings is 17. The maximum absolute atomic E-state index is 9.71. The second-order valence-electron chi connectivity index (χ2n) is 30.7. The van der Waals surface area contributed by atoms with Crippen LogP contribution in [0.2, 0.25) is 0 Å². The molecule has 0 radical (unpaired) electrons. The molecule has 4 aromatic heterocycles. The number of aromatic nitrogens is 2. The molecule has 0 bridgehead atoms. The van der Waals surface area contributed by atoms with E-state index in [2.05, 4.69) is 343 Å². The van der Waals surface area contributed by atoms with Crippen molar-refractivity contribution in [3.8, 4) is 78.1 Å². The fourth-order valence-corrected chi connectivity index (χ4v) is 20.7. The molecule has 0 amide bonds. The van der Waals surface area contributed by atoms with Crippen molar-refractivity contribution in [3.63, 3.8) is 0 Å². The molecular weight excluding hydrogens is 1400 g/mol. The average molecular weight is 1480 g/mol. The summed E-state index contributed by atoms with van der Waals surface area (Å²) in [5.41, 5.74) is 25.7. The molecule has 4 nitrogen and oxygen atoms in total. The molecule has 21 aromatic rings. The number of thiophene rings is 2. The lowest BCUT2D eigenvalue weighted by Gasteiger charge is -2.45. The molecule has 0 unspecified atom stereocenters. The Labute approximate surface area is 676 Å². The highest BCUT2D eigenvalue weighted by Gasteiger charge is 2.45. The SMILES string of the molecule is [2H]c1c([2H])c([2H])c(-c2ccc3c(c2)N(c2ccc(-c4ccccc4)cc2)c2cc(-c4c(-c5ccc6c(c5)sc5c([2H])c([2H])c([2H])c([2H])c56)cccc4-n4c5ccccc5c5ccccc54)cc4c2B3c2cc(-c3c(-c5cccc6sc7ccccc7c56)cccc3-n3c5ccccc5c5ccccc53)ccc2N4c2ccc(C(C)(C)C)cc2)c([2H])c1[2H]. The summed E-state index contributed by atoms with van der Waals surface area (Å²) >= 11 is 3.19. The van der Waals surface area contributed by atoms with Gasteiger partial charge in [-0.15, -0.1) is 22.7 Å². The molecule has 17 aromatic carbocycles. The zero-order chi connectivity index (χ0) is 82.6. The van der Waals surface area contributed by atoms with E-state index in [4.69, 9.17) is 4.11 Å². The lowest BCUT2D eigenvalue weighted by molar-refractivity contribution is 0.590. The van der Waals surface area contributed by atoms with E-state index in [1.807, 2.05) is 29.5 Å². The number of nitrogens with zero attached hydrogens (tertiary/aromatic N) is 4. The predicted octanol–water partition coefficient (Wildman–Crippen LogP) is 28.0. The molecule has 7 heteroatoms. The van der Waals surface area contributed by atoms with Crippen LogP contribution in [-0.2, 0) is 5.41 Å². The van der Waals surface area contributed by atoms with E-state index in [0.717, 1.165) is 171 Å². The number of fused-ring (bicyclic) bond motifs is 16. The summed E-state index contributed by atoms with van der Waals surface area (Å²) in [4.78, 5) is 4.83. The summed E-state index contributed by atoms with van der Waals surface area (Å²) in [6.45, 7) is 6.21. The van der Waals surface area contributed by atoms with E-state index in [1.54, 1.807) is 0 Å². The van der Waals surface area contributed by atoms with E-state index in [9.17, 15) is 8.22 Å². The Kier molecular flexibility index (Phi) is 12.8. The second-order valence-corrected chi connectivity index (χ2v) is 32.9. The van der Waals surface area contributed by atoms with Crippen molar-refractivity contribution in [1.82, 2.24) is 9.13 Å². The number of anilines is 6. The third-order valence-electron chi connectivity index (χ3n) is 23.5. The normalized spacial score (nSPS) is 13.8. The van der Waals surface area contributed by atoms with Gasteiger partial charge in [-0.25, -0.2) is 0 Å². The number of hydrogen-bond donors (Lipinski definition) is 0. The summed E-state index contributed by atoms with van der Waals surface area (Å²) < 4.78 is 91.4. The Hall–Kier alpha value is -13.6. The van der Waals surface area contributed by atoms with Gasteiger partial charge in [-0.1, -0.05) is 287 Å². The van der Waals surface area contributed by atoms with E-state index < -0.39 is 24.8 Å². The van der Waals surface area contributed by atoms with Crippen molar-refractivity contribution in [2.24, 2.45) is 0 Å². The van der Waals surface area contributed by atoms with Gasteiger partial charge < -0.3 is 18.9 Å². The van der Waals surface area contributed by atoms with Crippen LogP contribution in [-0.4, -0.2) is 15.8 Å². The van der Waals surface area contributed by atoms with E-state index in [0.29, 0.717) is 15.6 Å². The monoisotopic (exact) mass is 1480 g/mol. The predicted molar refractivity (Wildman–Crippen MR) is 486 cm³/mol. The first kappa shape index (κ1) is 56.6. The molecule has 0 fully saturated rings. The van der Waals surface area contributed by atoms with Crippen molar-refractivity contribution < 1.29 is 12.3 Å². The standard InChI is InChI=1S/C106H71BN4S2/c1-106(2,3)73-52-56-75(57-53-73)108-92-60-51-71(102-83(84-37-24-46-100-104(84)85-34-15-21-45-99(85)112-100)36-23-43-93(102)110-88-38-16-10-29-77(88)78-30-11-17-39-89(78)110)61-87(92)107-86-59-50-69(67-27-8-5-9-28-67)62-95(86)109(74-54-47-68(48-55-74)66-25-6-4-7-26-66)97-64-72(63-96(108)105(97)107)103-76(70-49-58-82-81-33-14-20-44-98(81)113-101(82)65-70)35-22-42-94(103)111-90-40-18-12-31-79(90)80-32-13-19-41-91(80)111/h4-65H,1-3H3/i5D,8D,9D,14D,20D,27D,28D,33D,44D. The molecule has 0 N–H and O–H groups in total. The summed E-state index contributed by atoms with van der Waals surface area (Å²) in [7, 11) is 0. The van der Waals surface area contributed by atoms with Gasteiger partial charge in [-0.05, 0) is 192 Å². The molecule has 530 valence electrons. The first-order valence-corrected chi connectivity index (χ1v) is 40.0. The van der Waals surface area contributed by atoms with Gasteiger partial charge in [0, 0.05) is 107 Å². The average Bonchev–Trinajstić information content (AvgIpc) is 1.28. The largest absolute Gasteiger partial charge is 0.311 e. The third kappa shape index (κ3) is 10.2. The molecule has 2 aliphatic rings. The molecule has 0 atom stereocenters. The Morgan fingerprint density at radius 1 is 0.283 bits per heavy atom. The minimum atomic E-state index is -0.550. The first-order chi connectivity index (χ1) is 59.4. The molecule has 0 saturated heterocycles. The van der Waals surface area contributed by atoms with Crippen LogP contribution >= 0.6 is 22.7 Å². The number of rotatable bonds is 10. The second kappa shape index (κ2) is 25.5. The summed E-state index contributed by atoms with van der Waals surface area (Å²) in [6.07, 6.45) is 0. The summed E-state index contributed by atoms with van der Waals surface area (Å²) in [6, 6.07) is 113. The maximum Gasteiger partial charge on any atom is 0.252 e. The molecule has 0 spiro atoms. The summed E-state index contributed by atoms with van der Waals surface area (Å²) in [5.74, 6) is 0. The van der Waals surface area contributed by atoms with Crippen LogP contribution in [0.15, 0.2) is 376 Å². The smallest absolute Gasteiger partial charge is 0.252 e. The van der Waals surface area contributed by atoms with Gasteiger partial charge in [0.05, 0.1) is 45.8 Å². The van der Waals surface area contributed by atoms with E-state index >= 15 is 0 Å². The van der Waals surface area contributed by atoms with Crippen molar-refractivity contribution in [2.45, 2.75) is 26.2 Å². The van der Waals surface area contributed by atoms with Crippen LogP contribution in [0.5, 0.6) is 0 Å². The molecule has 0 aliphatic carbocycles. The van der Waals surface area contributed by atoms with E-state index in [-0.39, 0.29) is 47.2 Å². The van der Waals surface area contributed by atoms with Crippen LogP contribution in [0, 0.1) is 0 Å². The van der Waals surface area contributed by atoms with Gasteiger partial charge in [0.1, 0.15) is 0 Å². The van der Waals surface area contributed by atoms with Crippen LogP contribution in [0.3, 0.4) is 0 Å². The van der Waals surface area contributed by atoms with Crippen molar-refractivity contribution >= 4 is 164 Å². The molecule has 113 heavy (non-hydrogen) atoms. The number of hydrogen-bond acceptors (Lipinski definition) is 4. The topological polar surface area (TPSA) is 16.3 Å². The highest BCUT2D eigenvalue weighted by molar-refractivity contribution is 7.26. The van der Waals surface area contributed by atoms with Crippen molar-refractivity contribution in [3.05, 3.63) is 381 Å². The van der Waals surface area contributed by atoms with Crippen molar-refractivity contribution in [2.75, 3.05) is 9.80 Å². The Balaban J connectivity index is 0.869. The van der Waals surface area contributed by atoms with Gasteiger partial charge in [-0.3, -0.25) is 0 Å². The van der Waals surface area contributed by atoms with Gasteiger partial charge in [0.25, 0.3) is 6.71 Å². The molecule has 2 aliphatic heterocycles. The Bertz CT molecular complexity index is 7950. The minimum Gasteiger partial charge on any atom is -0.311 e. The molecular formula is C106H71BN4S2.